The summed E-state index contributed by atoms with van der Waals surface area (Å²) in [4.78, 5) is 17.4. The Bertz CT molecular complexity index is 806. The molecular weight excluding hydrogens is 362 g/mol. The van der Waals surface area contributed by atoms with Crippen LogP contribution in [0, 0.1) is 13.8 Å². The fourth-order valence-electron chi connectivity index (χ4n) is 3.15. The number of thioether (sulfide) groups is 1. The first-order valence-corrected chi connectivity index (χ1v) is 10.1. The summed E-state index contributed by atoms with van der Waals surface area (Å²) in [6, 6.07) is 7.88. The van der Waals surface area contributed by atoms with Gasteiger partial charge in [0.05, 0.1) is 30.2 Å². The quantitative estimate of drug-likeness (QED) is 0.737. The zero-order valence-corrected chi connectivity index (χ0v) is 17.1. The normalized spacial score (nSPS) is 17.1. The van der Waals surface area contributed by atoms with Gasteiger partial charge in [-0.05, 0) is 26.8 Å². The highest BCUT2D eigenvalue weighted by Crippen LogP contribution is 2.32. The topological polar surface area (TPSA) is 65.4 Å². The highest BCUT2D eigenvalue weighted by molar-refractivity contribution is 8.00. The van der Waals surface area contributed by atoms with Crippen molar-refractivity contribution in [1.29, 1.82) is 0 Å². The van der Waals surface area contributed by atoms with Crippen molar-refractivity contribution in [3.05, 3.63) is 41.2 Å². The molecule has 0 fully saturated rings. The second-order valence-electron chi connectivity index (χ2n) is 6.71. The number of ether oxygens (including phenoxy) is 2. The van der Waals surface area contributed by atoms with Gasteiger partial charge in [0.25, 0.3) is 0 Å². The van der Waals surface area contributed by atoms with Crippen LogP contribution in [0.3, 0.4) is 0 Å². The Balaban J connectivity index is 1.68. The number of nitrogens with zero attached hydrogens (tertiary/aromatic N) is 2. The first-order chi connectivity index (χ1) is 13.0. The lowest BCUT2D eigenvalue weighted by Crippen LogP contribution is -2.36. The molecule has 27 heavy (non-hydrogen) atoms. The summed E-state index contributed by atoms with van der Waals surface area (Å²) in [6.07, 6.45) is 0.779. The minimum Gasteiger partial charge on any atom is -0.493 e. The summed E-state index contributed by atoms with van der Waals surface area (Å²) >= 11 is 1.49. The highest BCUT2D eigenvalue weighted by Gasteiger charge is 2.26. The van der Waals surface area contributed by atoms with Gasteiger partial charge in [-0.15, -0.1) is 0 Å². The number of para-hydroxylation sites is 1. The fourth-order valence-corrected chi connectivity index (χ4v) is 4.19. The first kappa shape index (κ1) is 19.8. The molecule has 0 spiro atoms. The predicted octanol–water partition coefficient (Wildman–Crippen LogP) is 3.27. The number of imidazole rings is 1. The summed E-state index contributed by atoms with van der Waals surface area (Å²) in [5.41, 5.74) is 3.14. The molecule has 6 nitrogen and oxygen atoms in total. The van der Waals surface area contributed by atoms with Crippen LogP contribution in [-0.2, 0) is 16.1 Å². The van der Waals surface area contributed by atoms with Gasteiger partial charge in [0.15, 0.2) is 5.16 Å². The van der Waals surface area contributed by atoms with Crippen molar-refractivity contribution >= 4 is 17.7 Å². The minimum absolute atomic E-state index is 0.0118. The Kier molecular flexibility index (Phi) is 6.44. The predicted molar refractivity (Wildman–Crippen MR) is 106 cm³/mol. The maximum Gasteiger partial charge on any atom is 0.233 e. The molecule has 1 aromatic heterocycles. The van der Waals surface area contributed by atoms with E-state index in [1.54, 1.807) is 7.11 Å². The van der Waals surface area contributed by atoms with Gasteiger partial charge in [-0.25, -0.2) is 4.98 Å². The molecule has 0 saturated carbocycles. The van der Waals surface area contributed by atoms with E-state index in [1.807, 2.05) is 45.0 Å². The molecule has 1 aromatic carbocycles. The van der Waals surface area contributed by atoms with E-state index in [9.17, 15) is 4.79 Å². The second-order valence-corrected chi connectivity index (χ2v) is 8.01. The van der Waals surface area contributed by atoms with Crippen LogP contribution in [0.15, 0.2) is 29.4 Å². The van der Waals surface area contributed by atoms with E-state index in [4.69, 9.17) is 9.47 Å². The number of carbonyl (C=O) groups is 1. The summed E-state index contributed by atoms with van der Waals surface area (Å²) in [5.74, 6) is 0.869. The van der Waals surface area contributed by atoms with E-state index in [0.717, 1.165) is 40.8 Å². The number of fused-ring (bicyclic) bond motifs is 1. The summed E-state index contributed by atoms with van der Waals surface area (Å²) in [5, 5.41) is 3.79. The van der Waals surface area contributed by atoms with Crippen molar-refractivity contribution in [2.45, 2.75) is 50.2 Å². The lowest BCUT2D eigenvalue weighted by molar-refractivity contribution is -0.121. The smallest absolute Gasteiger partial charge is 0.233 e. The standard InChI is InChI=1S/C20H27N3O3S/c1-13-14(2)23(10-12-25-4)20(21-13)27-15(3)19(24)22-17-9-11-26-18-8-6-5-7-16(17)18/h5-8,15,17H,9-12H2,1-4H3,(H,22,24). The van der Waals surface area contributed by atoms with Crippen LogP contribution < -0.4 is 10.1 Å². The number of benzene rings is 1. The SMILES string of the molecule is COCCn1c(SC(C)C(=O)NC2CCOc3ccccc32)nc(C)c1C. The third-order valence-corrected chi connectivity index (χ3v) is 5.96. The molecule has 2 heterocycles. The van der Waals surface area contributed by atoms with E-state index in [-0.39, 0.29) is 17.2 Å². The maximum absolute atomic E-state index is 12.8. The van der Waals surface area contributed by atoms with Crippen molar-refractivity contribution in [3.63, 3.8) is 0 Å². The fraction of sp³-hybridized carbons (Fsp3) is 0.500. The number of aromatic nitrogens is 2. The minimum atomic E-state index is -0.248. The molecule has 7 heteroatoms. The van der Waals surface area contributed by atoms with Gasteiger partial charge in [-0.2, -0.15) is 0 Å². The highest BCUT2D eigenvalue weighted by atomic mass is 32.2. The number of amides is 1. The third-order valence-electron chi connectivity index (χ3n) is 4.87. The lowest BCUT2D eigenvalue weighted by atomic mass is 10.0. The Morgan fingerprint density at radius 2 is 2.22 bits per heavy atom. The number of hydrogen-bond acceptors (Lipinski definition) is 5. The lowest BCUT2D eigenvalue weighted by Gasteiger charge is -2.27. The molecule has 1 N–H and O–H groups in total. The van der Waals surface area contributed by atoms with Crippen LogP contribution in [0.4, 0.5) is 0 Å². The molecule has 2 aromatic rings. The number of aryl methyl sites for hydroxylation is 1. The molecule has 1 amide bonds. The van der Waals surface area contributed by atoms with E-state index >= 15 is 0 Å². The van der Waals surface area contributed by atoms with Gasteiger partial charge >= 0.3 is 0 Å². The van der Waals surface area contributed by atoms with Gasteiger partial charge in [-0.1, -0.05) is 30.0 Å². The van der Waals surface area contributed by atoms with Crippen LogP contribution >= 0.6 is 11.8 Å². The summed E-state index contributed by atoms with van der Waals surface area (Å²) in [6.45, 7) is 7.92. The summed E-state index contributed by atoms with van der Waals surface area (Å²) < 4.78 is 13.0. The van der Waals surface area contributed by atoms with Crippen molar-refractivity contribution in [3.8, 4) is 5.75 Å². The second kappa shape index (κ2) is 8.80. The number of nitrogens with one attached hydrogen (secondary N) is 1. The molecule has 0 bridgehead atoms. The number of carbonyl (C=O) groups excluding carboxylic acids is 1. The van der Waals surface area contributed by atoms with Gasteiger partial charge in [-0.3, -0.25) is 4.79 Å². The van der Waals surface area contributed by atoms with Crippen molar-refractivity contribution in [2.24, 2.45) is 0 Å². The van der Waals surface area contributed by atoms with Crippen molar-refractivity contribution in [2.75, 3.05) is 20.3 Å². The molecule has 1 aliphatic heterocycles. The van der Waals surface area contributed by atoms with E-state index in [0.29, 0.717) is 13.2 Å². The Morgan fingerprint density at radius 1 is 1.44 bits per heavy atom. The molecule has 2 atom stereocenters. The maximum atomic E-state index is 12.8. The average molecular weight is 390 g/mol. The molecule has 146 valence electrons. The first-order valence-electron chi connectivity index (χ1n) is 9.22. The van der Waals surface area contributed by atoms with Crippen molar-refractivity contribution < 1.29 is 14.3 Å². The number of rotatable bonds is 7. The van der Waals surface area contributed by atoms with Crippen LogP contribution in [-0.4, -0.2) is 41.0 Å². The molecular formula is C20H27N3O3S. The van der Waals surface area contributed by atoms with E-state index < -0.39 is 0 Å². The Morgan fingerprint density at radius 3 is 3.00 bits per heavy atom. The molecule has 2 unspecified atom stereocenters. The molecule has 1 aliphatic rings. The van der Waals surface area contributed by atoms with Gasteiger partial charge in [0.1, 0.15) is 5.75 Å². The number of hydrogen-bond donors (Lipinski definition) is 1. The van der Waals surface area contributed by atoms with Crippen LogP contribution in [0.1, 0.15) is 36.3 Å². The molecule has 0 aliphatic carbocycles. The Labute approximate surface area is 164 Å². The average Bonchev–Trinajstić information content (AvgIpc) is 2.93. The molecule has 0 radical (unpaired) electrons. The van der Waals surface area contributed by atoms with Crippen molar-refractivity contribution in [1.82, 2.24) is 14.9 Å². The van der Waals surface area contributed by atoms with Gasteiger partial charge in [0, 0.05) is 31.3 Å². The van der Waals surface area contributed by atoms with Gasteiger partial charge < -0.3 is 19.4 Å². The largest absolute Gasteiger partial charge is 0.493 e. The molecule has 0 saturated heterocycles. The zero-order valence-electron chi connectivity index (χ0n) is 16.3. The van der Waals surface area contributed by atoms with Gasteiger partial charge in [0.2, 0.25) is 5.91 Å². The third kappa shape index (κ3) is 4.47. The zero-order chi connectivity index (χ0) is 19.4. The molecule has 3 rings (SSSR count). The Hall–Kier alpha value is -1.99. The van der Waals surface area contributed by atoms with E-state index in [2.05, 4.69) is 14.9 Å². The van der Waals surface area contributed by atoms with E-state index in [1.165, 1.54) is 11.8 Å². The summed E-state index contributed by atoms with van der Waals surface area (Å²) in [7, 11) is 1.69. The van der Waals surface area contributed by atoms with Crippen LogP contribution in [0.5, 0.6) is 5.75 Å². The number of methoxy groups -OCH3 is 1. The monoisotopic (exact) mass is 389 g/mol. The van der Waals surface area contributed by atoms with Crippen LogP contribution in [0.25, 0.3) is 0 Å². The van der Waals surface area contributed by atoms with Crippen LogP contribution in [0.2, 0.25) is 0 Å².